The Morgan fingerprint density at radius 2 is 1.32 bits per heavy atom. The van der Waals surface area contributed by atoms with Crippen LogP contribution in [0.1, 0.15) is 96.8 Å². The first-order valence-corrected chi connectivity index (χ1v) is 10.6. The summed E-state index contributed by atoms with van der Waals surface area (Å²) < 4.78 is 26.1. The van der Waals surface area contributed by atoms with E-state index >= 15 is 0 Å². The normalized spacial score (nSPS) is 13.4. The second kappa shape index (κ2) is 8.35. The first-order valence-electron chi connectivity index (χ1n) is 9.12. The molecule has 1 aromatic carbocycles. The van der Waals surface area contributed by atoms with Gasteiger partial charge in [-0.1, -0.05) is 67.5 Å². The number of sulfonamides is 1. The molecule has 0 heterocycles. The average Bonchev–Trinajstić information content (AvgIpc) is 2.50. The van der Waals surface area contributed by atoms with Crippen LogP contribution in [0, 0.1) is 5.92 Å². The molecule has 0 aromatic heterocycles. The van der Waals surface area contributed by atoms with Crippen LogP contribution in [0.25, 0.3) is 0 Å². The quantitative estimate of drug-likeness (QED) is 0.521. The molecular formula is C20H34N2O2S. The smallest absolute Gasteiger partial charge is 0.200 e. The van der Waals surface area contributed by atoms with Crippen LogP contribution in [0.3, 0.4) is 0 Å². The van der Waals surface area contributed by atoms with Gasteiger partial charge >= 0.3 is 0 Å². The molecule has 0 atom stereocenters. The van der Waals surface area contributed by atoms with Crippen LogP contribution in [0.15, 0.2) is 22.1 Å². The van der Waals surface area contributed by atoms with Crippen LogP contribution in [0.2, 0.25) is 0 Å². The van der Waals surface area contributed by atoms with Crippen LogP contribution in [0.5, 0.6) is 0 Å². The first-order chi connectivity index (χ1) is 11.4. The number of hydrogen-bond donors (Lipinski definition) is 1. The summed E-state index contributed by atoms with van der Waals surface area (Å²) in [6.45, 7) is 18.2. The SMILES string of the molecule is C/C(=N/NS(=O)(=O)c1c(C(C)C)cc(C(C)C)cc1C(C)C)C(C)C. The lowest BCUT2D eigenvalue weighted by Crippen LogP contribution is -2.24. The molecule has 25 heavy (non-hydrogen) atoms. The van der Waals surface area contributed by atoms with Crippen molar-refractivity contribution in [1.29, 1.82) is 0 Å². The van der Waals surface area contributed by atoms with Crippen molar-refractivity contribution in [3.63, 3.8) is 0 Å². The summed E-state index contributed by atoms with van der Waals surface area (Å²) in [4.78, 5) is 2.85. The summed E-state index contributed by atoms with van der Waals surface area (Å²) in [5.41, 5.74) is 3.66. The zero-order chi connectivity index (χ0) is 19.5. The molecule has 0 aliphatic carbocycles. The first kappa shape index (κ1) is 21.7. The number of rotatable bonds is 7. The van der Waals surface area contributed by atoms with Gasteiger partial charge in [0.1, 0.15) is 0 Å². The lowest BCUT2D eigenvalue weighted by atomic mass is 9.89. The van der Waals surface area contributed by atoms with Crippen molar-refractivity contribution in [3.05, 3.63) is 28.8 Å². The third-order valence-corrected chi connectivity index (χ3v) is 5.87. The molecule has 0 saturated carbocycles. The Morgan fingerprint density at radius 3 is 1.64 bits per heavy atom. The predicted octanol–water partition coefficient (Wildman–Crippen LogP) is 5.37. The highest BCUT2D eigenvalue weighted by Gasteiger charge is 2.26. The second-order valence-electron chi connectivity index (χ2n) is 8.00. The van der Waals surface area contributed by atoms with Gasteiger partial charge in [0.2, 0.25) is 0 Å². The van der Waals surface area contributed by atoms with Crippen molar-refractivity contribution < 1.29 is 8.42 Å². The van der Waals surface area contributed by atoms with E-state index in [2.05, 4.69) is 23.8 Å². The number of nitrogens with one attached hydrogen (secondary N) is 1. The standard InChI is InChI=1S/C20H34N2O2S/c1-12(2)16(9)21-22-25(23,24)20-18(14(5)6)10-17(13(3)4)11-19(20)15(7)8/h10-15,22H,1-9H3/b21-16-. The van der Waals surface area contributed by atoms with E-state index in [1.165, 1.54) is 5.56 Å². The Bertz CT molecular complexity index is 701. The molecule has 0 bridgehead atoms. The Kier molecular flexibility index (Phi) is 7.24. The van der Waals surface area contributed by atoms with Gasteiger partial charge in [0.15, 0.2) is 0 Å². The van der Waals surface area contributed by atoms with Gasteiger partial charge in [-0.25, -0.2) is 4.83 Å². The highest BCUT2D eigenvalue weighted by molar-refractivity contribution is 7.89. The summed E-state index contributed by atoms with van der Waals surface area (Å²) in [7, 11) is -3.72. The largest absolute Gasteiger partial charge is 0.277 e. The molecule has 0 radical (unpaired) electrons. The van der Waals surface area contributed by atoms with E-state index in [0.29, 0.717) is 10.8 Å². The van der Waals surface area contributed by atoms with Crippen LogP contribution in [-0.4, -0.2) is 14.1 Å². The van der Waals surface area contributed by atoms with Gasteiger partial charge in [-0.15, -0.1) is 0 Å². The molecule has 0 fully saturated rings. The minimum atomic E-state index is -3.72. The van der Waals surface area contributed by atoms with E-state index in [-0.39, 0.29) is 17.8 Å². The Morgan fingerprint density at radius 1 is 0.880 bits per heavy atom. The van der Waals surface area contributed by atoms with Crippen molar-refractivity contribution >= 4 is 15.7 Å². The Hall–Kier alpha value is -1.36. The zero-order valence-electron chi connectivity index (χ0n) is 17.1. The number of nitrogens with zero attached hydrogens (tertiary/aromatic N) is 1. The number of benzene rings is 1. The summed E-state index contributed by atoms with van der Waals surface area (Å²) in [5, 5.41) is 4.11. The molecule has 0 aliphatic heterocycles. The van der Waals surface area contributed by atoms with Crippen molar-refractivity contribution in [1.82, 2.24) is 4.83 Å². The van der Waals surface area contributed by atoms with Gasteiger partial charge in [-0.3, -0.25) is 0 Å². The van der Waals surface area contributed by atoms with Gasteiger partial charge in [0, 0.05) is 5.71 Å². The average molecular weight is 367 g/mol. The van der Waals surface area contributed by atoms with E-state index in [1.807, 2.05) is 60.6 Å². The van der Waals surface area contributed by atoms with Crippen LogP contribution in [0.4, 0.5) is 0 Å². The molecule has 1 aromatic rings. The van der Waals surface area contributed by atoms with Gasteiger partial charge in [0.25, 0.3) is 10.0 Å². The molecular weight excluding hydrogens is 332 g/mol. The molecule has 142 valence electrons. The van der Waals surface area contributed by atoms with Crippen molar-refractivity contribution in [2.24, 2.45) is 11.0 Å². The summed E-state index contributed by atoms with van der Waals surface area (Å²) in [6, 6.07) is 4.07. The molecule has 0 spiro atoms. The van der Waals surface area contributed by atoms with Gasteiger partial charge in [-0.05, 0) is 47.3 Å². The molecule has 4 nitrogen and oxygen atoms in total. The fourth-order valence-corrected chi connectivity index (χ4v) is 4.07. The highest BCUT2D eigenvalue weighted by atomic mass is 32.2. The topological polar surface area (TPSA) is 58.5 Å². The maximum atomic E-state index is 13.1. The zero-order valence-corrected chi connectivity index (χ0v) is 18.0. The predicted molar refractivity (Wildman–Crippen MR) is 107 cm³/mol. The van der Waals surface area contributed by atoms with E-state index < -0.39 is 10.0 Å². The van der Waals surface area contributed by atoms with Crippen LogP contribution in [-0.2, 0) is 10.0 Å². The fourth-order valence-electron chi connectivity index (χ4n) is 2.51. The van der Waals surface area contributed by atoms with Gasteiger partial charge in [-0.2, -0.15) is 13.5 Å². The fraction of sp³-hybridized carbons (Fsp3) is 0.650. The van der Waals surface area contributed by atoms with Crippen molar-refractivity contribution in [2.75, 3.05) is 0 Å². The molecule has 0 aliphatic rings. The lowest BCUT2D eigenvalue weighted by Gasteiger charge is -2.22. The third-order valence-electron chi connectivity index (χ3n) is 4.53. The van der Waals surface area contributed by atoms with Crippen LogP contribution >= 0.6 is 0 Å². The minimum Gasteiger partial charge on any atom is -0.200 e. The maximum absolute atomic E-state index is 13.1. The molecule has 5 heteroatoms. The molecule has 1 rings (SSSR count). The molecule has 0 unspecified atom stereocenters. The minimum absolute atomic E-state index is 0.109. The molecule has 0 amide bonds. The maximum Gasteiger partial charge on any atom is 0.277 e. The van der Waals surface area contributed by atoms with E-state index in [4.69, 9.17) is 0 Å². The van der Waals surface area contributed by atoms with Crippen molar-refractivity contribution in [2.45, 2.75) is 85.0 Å². The Balaban J connectivity index is 3.63. The number of hydrazone groups is 1. The second-order valence-corrected chi connectivity index (χ2v) is 9.59. The number of hydrogen-bond acceptors (Lipinski definition) is 3. The third kappa shape index (κ3) is 5.30. The van der Waals surface area contributed by atoms with E-state index in [9.17, 15) is 8.42 Å². The van der Waals surface area contributed by atoms with Gasteiger partial charge < -0.3 is 0 Å². The summed E-state index contributed by atoms with van der Waals surface area (Å²) in [6.07, 6.45) is 0. The van der Waals surface area contributed by atoms with E-state index in [1.54, 1.807) is 0 Å². The molecule has 1 N–H and O–H groups in total. The van der Waals surface area contributed by atoms with Crippen LogP contribution < -0.4 is 4.83 Å². The summed E-state index contributed by atoms with van der Waals surface area (Å²) >= 11 is 0. The Labute approximate surface area is 154 Å². The lowest BCUT2D eigenvalue weighted by molar-refractivity contribution is 0.578. The summed E-state index contributed by atoms with van der Waals surface area (Å²) in [5.74, 6) is 0.761. The monoisotopic (exact) mass is 366 g/mol. The van der Waals surface area contributed by atoms with E-state index in [0.717, 1.165) is 16.8 Å². The highest BCUT2D eigenvalue weighted by Crippen LogP contribution is 2.35. The van der Waals surface area contributed by atoms with Crippen molar-refractivity contribution in [3.8, 4) is 0 Å². The molecule has 0 saturated heterocycles. The van der Waals surface area contributed by atoms with Gasteiger partial charge in [0.05, 0.1) is 4.90 Å².